The predicted octanol–water partition coefficient (Wildman–Crippen LogP) is 4.45. The molecule has 0 aromatic heterocycles. The van der Waals surface area contributed by atoms with Crippen LogP contribution in [-0.2, 0) is 0 Å². The van der Waals surface area contributed by atoms with Gasteiger partial charge < -0.3 is 15.2 Å². The van der Waals surface area contributed by atoms with Crippen molar-refractivity contribution in [1.29, 1.82) is 0 Å². The van der Waals surface area contributed by atoms with Crippen LogP contribution in [0.4, 0.5) is 0 Å². The Morgan fingerprint density at radius 3 is 2.43 bits per heavy atom. The number of methoxy groups -OCH3 is 1. The smallest absolute Gasteiger partial charge is 0.138 e. The van der Waals surface area contributed by atoms with Crippen LogP contribution < -0.4 is 15.2 Å². The van der Waals surface area contributed by atoms with Crippen LogP contribution in [0.25, 0.3) is 0 Å². The first-order valence-corrected chi connectivity index (χ1v) is 7.34. The molecule has 3 nitrogen and oxygen atoms in total. The summed E-state index contributed by atoms with van der Waals surface area (Å²) >= 11 is 12.5. The minimum Gasteiger partial charge on any atom is -0.495 e. The Hall–Kier alpha value is -1.42. The van der Waals surface area contributed by atoms with Crippen LogP contribution in [0.2, 0.25) is 10.0 Å². The lowest BCUT2D eigenvalue weighted by molar-refractivity contribution is 0.335. The molecule has 2 aromatic carbocycles. The Morgan fingerprint density at radius 1 is 1.05 bits per heavy atom. The summed E-state index contributed by atoms with van der Waals surface area (Å²) in [5, 5.41) is 0.983. The number of benzene rings is 2. The van der Waals surface area contributed by atoms with E-state index in [0.717, 1.165) is 16.9 Å². The van der Waals surface area contributed by atoms with Gasteiger partial charge in [0.1, 0.15) is 11.5 Å². The zero-order chi connectivity index (χ0) is 15.4. The number of rotatable bonds is 5. The van der Waals surface area contributed by atoms with Gasteiger partial charge in [-0.1, -0.05) is 41.4 Å². The molecule has 112 valence electrons. The maximum Gasteiger partial charge on any atom is 0.138 e. The molecule has 0 aliphatic carbocycles. The summed E-state index contributed by atoms with van der Waals surface area (Å²) in [5.41, 5.74) is 7.94. The van der Waals surface area contributed by atoms with Crippen LogP contribution in [0.3, 0.4) is 0 Å². The topological polar surface area (TPSA) is 44.5 Å². The first-order valence-electron chi connectivity index (χ1n) is 6.58. The molecule has 2 rings (SSSR count). The van der Waals surface area contributed by atoms with Crippen LogP contribution in [0, 0.1) is 0 Å². The third-order valence-electron chi connectivity index (χ3n) is 3.16. The number of nitrogens with two attached hydrogens (primary N) is 1. The van der Waals surface area contributed by atoms with E-state index in [0.29, 0.717) is 22.4 Å². The normalized spacial score (nSPS) is 12.0. The van der Waals surface area contributed by atoms with E-state index in [1.54, 1.807) is 19.2 Å². The number of hydrogen-bond donors (Lipinski definition) is 1. The van der Waals surface area contributed by atoms with Gasteiger partial charge in [0, 0.05) is 16.7 Å². The quantitative estimate of drug-likeness (QED) is 0.883. The number of hydrogen-bond acceptors (Lipinski definition) is 3. The molecule has 2 aromatic rings. The van der Waals surface area contributed by atoms with Gasteiger partial charge in [0.2, 0.25) is 0 Å². The van der Waals surface area contributed by atoms with Gasteiger partial charge in [0.25, 0.3) is 0 Å². The summed E-state index contributed by atoms with van der Waals surface area (Å²) in [4.78, 5) is 0. The summed E-state index contributed by atoms with van der Waals surface area (Å²) < 4.78 is 10.8. The molecule has 0 heterocycles. The largest absolute Gasteiger partial charge is 0.495 e. The molecule has 0 spiro atoms. The highest BCUT2D eigenvalue weighted by molar-refractivity contribution is 6.34. The molecule has 0 radical (unpaired) electrons. The molecule has 0 fully saturated rings. The highest BCUT2D eigenvalue weighted by Crippen LogP contribution is 2.37. The van der Waals surface area contributed by atoms with Crippen LogP contribution in [0.5, 0.6) is 11.5 Å². The van der Waals surface area contributed by atoms with Gasteiger partial charge in [-0.25, -0.2) is 0 Å². The van der Waals surface area contributed by atoms with Gasteiger partial charge in [0.05, 0.1) is 24.8 Å². The van der Waals surface area contributed by atoms with Crippen molar-refractivity contribution in [1.82, 2.24) is 0 Å². The van der Waals surface area contributed by atoms with Crippen LogP contribution >= 0.6 is 23.2 Å². The number of halogens is 2. The maximum absolute atomic E-state index is 6.34. The highest BCUT2D eigenvalue weighted by atomic mass is 35.5. The zero-order valence-electron chi connectivity index (χ0n) is 11.9. The van der Waals surface area contributed by atoms with Crippen LogP contribution in [-0.4, -0.2) is 13.7 Å². The van der Waals surface area contributed by atoms with Crippen molar-refractivity contribution in [2.24, 2.45) is 5.73 Å². The molecule has 1 atom stereocenters. The second-order valence-corrected chi connectivity index (χ2v) is 5.27. The van der Waals surface area contributed by atoms with E-state index in [2.05, 4.69) is 0 Å². The Balaban J connectivity index is 2.45. The first-order chi connectivity index (χ1) is 10.1. The molecule has 0 aliphatic rings. The Bertz CT molecular complexity index is 632. The lowest BCUT2D eigenvalue weighted by Gasteiger charge is -2.19. The van der Waals surface area contributed by atoms with E-state index < -0.39 is 6.04 Å². The highest BCUT2D eigenvalue weighted by Gasteiger charge is 2.18. The Morgan fingerprint density at radius 2 is 1.76 bits per heavy atom. The predicted molar refractivity (Wildman–Crippen MR) is 86.7 cm³/mol. The van der Waals surface area contributed by atoms with Crippen molar-refractivity contribution in [2.75, 3.05) is 13.7 Å². The number of para-hydroxylation sites is 1. The van der Waals surface area contributed by atoms with Gasteiger partial charge in [-0.15, -0.1) is 0 Å². The molecule has 0 saturated carbocycles. The van der Waals surface area contributed by atoms with Crippen molar-refractivity contribution < 1.29 is 9.47 Å². The van der Waals surface area contributed by atoms with Crippen molar-refractivity contribution in [3.63, 3.8) is 0 Å². The van der Waals surface area contributed by atoms with Crippen molar-refractivity contribution in [3.8, 4) is 11.5 Å². The molecule has 0 saturated heterocycles. The molecule has 21 heavy (non-hydrogen) atoms. The summed E-state index contributed by atoms with van der Waals surface area (Å²) in [6.45, 7) is 2.50. The minimum atomic E-state index is -0.427. The lowest BCUT2D eigenvalue weighted by atomic mass is 9.98. The average molecular weight is 326 g/mol. The van der Waals surface area contributed by atoms with Crippen LogP contribution in [0.1, 0.15) is 24.1 Å². The Labute approximate surface area is 134 Å². The second-order valence-electron chi connectivity index (χ2n) is 4.46. The number of ether oxygens (including phenoxy) is 2. The van der Waals surface area contributed by atoms with E-state index in [9.17, 15) is 0 Å². The molecule has 2 N–H and O–H groups in total. The SMILES string of the molecule is CCOc1ccccc1C(N)c1cc(Cl)c(OC)cc1Cl. The molecular formula is C16H17Cl2NO2. The third-order valence-corrected chi connectivity index (χ3v) is 3.78. The minimum absolute atomic E-state index is 0.427. The second kappa shape index (κ2) is 7.03. The fourth-order valence-electron chi connectivity index (χ4n) is 2.13. The van der Waals surface area contributed by atoms with E-state index in [1.165, 1.54) is 0 Å². The van der Waals surface area contributed by atoms with E-state index >= 15 is 0 Å². The van der Waals surface area contributed by atoms with Gasteiger partial charge >= 0.3 is 0 Å². The molecule has 0 aliphatic heterocycles. The van der Waals surface area contributed by atoms with Crippen molar-refractivity contribution >= 4 is 23.2 Å². The fourth-order valence-corrected chi connectivity index (χ4v) is 2.65. The third kappa shape index (κ3) is 3.43. The molecule has 0 bridgehead atoms. The molecular weight excluding hydrogens is 309 g/mol. The van der Waals surface area contributed by atoms with E-state index in [-0.39, 0.29) is 0 Å². The standard InChI is InChI=1S/C16H17Cl2NO2/c1-3-21-14-7-5-4-6-10(14)16(19)11-8-13(18)15(20-2)9-12(11)17/h4-9,16H,3,19H2,1-2H3. The summed E-state index contributed by atoms with van der Waals surface area (Å²) in [6, 6.07) is 10.6. The van der Waals surface area contributed by atoms with Gasteiger partial charge in [-0.3, -0.25) is 0 Å². The lowest BCUT2D eigenvalue weighted by Crippen LogP contribution is -2.14. The van der Waals surface area contributed by atoms with Crippen molar-refractivity contribution in [3.05, 3.63) is 57.6 Å². The summed E-state index contributed by atoms with van der Waals surface area (Å²) in [7, 11) is 1.54. The monoisotopic (exact) mass is 325 g/mol. The first kappa shape index (κ1) is 16.0. The summed E-state index contributed by atoms with van der Waals surface area (Å²) in [5.74, 6) is 1.27. The molecule has 5 heteroatoms. The Kier molecular flexibility index (Phi) is 5.34. The molecule has 0 amide bonds. The van der Waals surface area contributed by atoms with E-state index in [4.69, 9.17) is 38.4 Å². The fraction of sp³-hybridized carbons (Fsp3) is 0.250. The van der Waals surface area contributed by atoms with Gasteiger partial charge in [-0.05, 0) is 24.6 Å². The van der Waals surface area contributed by atoms with Gasteiger partial charge in [-0.2, -0.15) is 0 Å². The van der Waals surface area contributed by atoms with Crippen LogP contribution in [0.15, 0.2) is 36.4 Å². The maximum atomic E-state index is 6.34. The van der Waals surface area contributed by atoms with Crippen molar-refractivity contribution in [2.45, 2.75) is 13.0 Å². The summed E-state index contributed by atoms with van der Waals surface area (Å²) in [6.07, 6.45) is 0. The average Bonchev–Trinajstić information content (AvgIpc) is 2.49. The van der Waals surface area contributed by atoms with Gasteiger partial charge in [0.15, 0.2) is 0 Å². The zero-order valence-corrected chi connectivity index (χ0v) is 13.4. The van der Waals surface area contributed by atoms with E-state index in [1.807, 2.05) is 31.2 Å². The molecule has 1 unspecified atom stereocenters.